The maximum atomic E-state index is 14.2. The fourth-order valence-electron chi connectivity index (χ4n) is 7.12. The summed E-state index contributed by atoms with van der Waals surface area (Å²) < 4.78 is 34.4. The average molecular weight is 677 g/mol. The molecule has 0 bridgehead atoms. The molecule has 2 aromatic carbocycles. The van der Waals surface area contributed by atoms with E-state index in [-0.39, 0.29) is 70.2 Å². The number of benzene rings is 2. The maximum Gasteiger partial charge on any atom is 0.387 e. The van der Waals surface area contributed by atoms with E-state index in [9.17, 15) is 23.5 Å². The Kier molecular flexibility index (Phi) is 8.54. The van der Waals surface area contributed by atoms with Crippen LogP contribution in [0.3, 0.4) is 0 Å². The van der Waals surface area contributed by atoms with Gasteiger partial charge >= 0.3 is 6.61 Å². The van der Waals surface area contributed by atoms with Gasteiger partial charge in [-0.25, -0.2) is 9.50 Å². The van der Waals surface area contributed by atoms with Crippen molar-refractivity contribution in [1.82, 2.24) is 34.2 Å². The second-order valence-electron chi connectivity index (χ2n) is 12.0. The molecular formula is C33H31ClF2N8O4. The van der Waals surface area contributed by atoms with Gasteiger partial charge in [-0.05, 0) is 36.9 Å². The minimum atomic E-state index is -3.14. The summed E-state index contributed by atoms with van der Waals surface area (Å²) in [4.78, 5) is 36.0. The summed E-state index contributed by atoms with van der Waals surface area (Å²) in [7, 11) is 2.03. The Labute approximate surface area is 278 Å². The van der Waals surface area contributed by atoms with Crippen molar-refractivity contribution in [3.63, 3.8) is 0 Å². The molecule has 2 amide bonds. The Morgan fingerprint density at radius 3 is 2.69 bits per heavy atom. The Morgan fingerprint density at radius 2 is 1.92 bits per heavy atom. The van der Waals surface area contributed by atoms with Gasteiger partial charge in [-0.15, -0.1) is 0 Å². The zero-order valence-corrected chi connectivity index (χ0v) is 26.4. The highest BCUT2D eigenvalue weighted by molar-refractivity contribution is 6.31. The number of carbonyl (C=O) groups excluding carboxylic acids is 2. The van der Waals surface area contributed by atoms with E-state index >= 15 is 0 Å². The van der Waals surface area contributed by atoms with Crippen LogP contribution in [0.25, 0.3) is 16.9 Å². The molecule has 15 heteroatoms. The standard InChI is InChI=1S/C33H31ClF2N8O4/c1-41-14-23-24(15-41)30(19-6-3-2-4-7-19)44(26(23)18-45)28(46)17-42-16-25(39-32(47)22-13-38-43-11-5-10-37-31(22)43)29(40-42)21-12-20(34)8-9-27(21)48-33(35)36/h2-13,16,23-24,26,30,33,45H,14-15,17-18H2,1H3,(H,39,47)/t23-,24+,26-,30+/m0/s1. The molecule has 7 rings (SSSR count). The van der Waals surface area contributed by atoms with Crippen LogP contribution in [0.5, 0.6) is 5.75 Å². The van der Waals surface area contributed by atoms with Crippen molar-refractivity contribution in [2.45, 2.75) is 25.2 Å². The fraction of sp³-hybridized carbons (Fsp3) is 0.303. The maximum absolute atomic E-state index is 14.2. The first-order valence-corrected chi connectivity index (χ1v) is 15.7. The van der Waals surface area contributed by atoms with Gasteiger partial charge in [-0.2, -0.15) is 19.0 Å². The number of carbonyl (C=O) groups is 2. The third kappa shape index (κ3) is 5.86. The van der Waals surface area contributed by atoms with Crippen LogP contribution in [0.15, 0.2) is 79.4 Å². The number of hydrogen-bond donors (Lipinski definition) is 2. The van der Waals surface area contributed by atoms with Gasteiger partial charge in [0.15, 0.2) is 5.65 Å². The Balaban J connectivity index is 1.26. The van der Waals surface area contributed by atoms with Crippen molar-refractivity contribution in [2.75, 3.05) is 32.1 Å². The van der Waals surface area contributed by atoms with Gasteiger partial charge < -0.3 is 25.0 Å². The lowest BCUT2D eigenvalue weighted by Gasteiger charge is -2.33. The van der Waals surface area contributed by atoms with Gasteiger partial charge in [0.25, 0.3) is 5.91 Å². The Morgan fingerprint density at radius 1 is 1.12 bits per heavy atom. The molecule has 0 spiro atoms. The lowest BCUT2D eigenvalue weighted by Crippen LogP contribution is -2.45. The van der Waals surface area contributed by atoms with Crippen LogP contribution in [0, 0.1) is 11.8 Å². The highest BCUT2D eigenvalue weighted by atomic mass is 35.5. The number of alkyl halides is 2. The largest absolute Gasteiger partial charge is 0.434 e. The number of likely N-dealkylation sites (tertiary alicyclic amines) is 2. The summed E-state index contributed by atoms with van der Waals surface area (Å²) in [5.41, 5.74) is 1.67. The molecule has 0 unspecified atom stereocenters. The highest BCUT2D eigenvalue weighted by Gasteiger charge is 2.54. The van der Waals surface area contributed by atoms with E-state index in [2.05, 4.69) is 25.4 Å². The zero-order valence-electron chi connectivity index (χ0n) is 25.7. The number of aliphatic hydroxyl groups is 1. The van der Waals surface area contributed by atoms with Crippen LogP contribution in [0.1, 0.15) is 22.0 Å². The molecule has 5 heterocycles. The molecule has 2 aliphatic heterocycles. The van der Waals surface area contributed by atoms with E-state index in [1.807, 2.05) is 37.4 Å². The van der Waals surface area contributed by atoms with E-state index in [0.717, 1.165) is 18.7 Å². The van der Waals surface area contributed by atoms with Gasteiger partial charge in [0, 0.05) is 54.1 Å². The second-order valence-corrected chi connectivity index (χ2v) is 12.4. The first kappa shape index (κ1) is 31.7. The molecule has 0 saturated carbocycles. The smallest absolute Gasteiger partial charge is 0.387 e. The number of nitrogens with zero attached hydrogens (tertiary/aromatic N) is 7. The molecule has 3 aromatic heterocycles. The van der Waals surface area contributed by atoms with Gasteiger partial charge in [-0.1, -0.05) is 41.9 Å². The summed E-state index contributed by atoms with van der Waals surface area (Å²) in [6.07, 6.45) is 5.97. The molecule has 248 valence electrons. The molecule has 48 heavy (non-hydrogen) atoms. The number of halogens is 3. The molecule has 0 radical (unpaired) electrons. The predicted octanol–water partition coefficient (Wildman–Crippen LogP) is 4.22. The van der Waals surface area contributed by atoms with Gasteiger partial charge in [-0.3, -0.25) is 14.3 Å². The van der Waals surface area contributed by atoms with Crippen molar-refractivity contribution in [3.8, 4) is 17.0 Å². The van der Waals surface area contributed by atoms with Crippen molar-refractivity contribution in [2.24, 2.45) is 11.8 Å². The molecule has 5 aromatic rings. The van der Waals surface area contributed by atoms with Crippen LogP contribution >= 0.6 is 11.6 Å². The molecular weight excluding hydrogens is 646 g/mol. The first-order valence-electron chi connectivity index (χ1n) is 15.3. The molecule has 2 fully saturated rings. The number of nitrogens with one attached hydrogen (secondary N) is 1. The summed E-state index contributed by atoms with van der Waals surface area (Å²) in [5.74, 6) is -0.928. The Bertz CT molecular complexity index is 1970. The van der Waals surface area contributed by atoms with E-state index in [0.29, 0.717) is 5.65 Å². The summed E-state index contributed by atoms with van der Waals surface area (Å²) in [5, 5.41) is 22.3. The zero-order chi connectivity index (χ0) is 33.5. The third-order valence-corrected chi connectivity index (χ3v) is 9.25. The molecule has 2 saturated heterocycles. The van der Waals surface area contributed by atoms with Crippen molar-refractivity contribution in [1.29, 1.82) is 0 Å². The van der Waals surface area contributed by atoms with E-state index in [1.54, 1.807) is 17.2 Å². The average Bonchev–Trinajstić information content (AvgIpc) is 3.83. The number of rotatable bonds is 9. The molecule has 0 aliphatic carbocycles. The number of ether oxygens (including phenoxy) is 1. The number of anilines is 1. The second kappa shape index (κ2) is 12.9. The van der Waals surface area contributed by atoms with Gasteiger partial charge in [0.1, 0.15) is 23.6 Å². The molecule has 2 aliphatic rings. The van der Waals surface area contributed by atoms with Crippen molar-refractivity contribution >= 4 is 34.7 Å². The van der Waals surface area contributed by atoms with Crippen LogP contribution in [0.2, 0.25) is 5.02 Å². The normalized spacial score (nSPS) is 20.8. The topological polar surface area (TPSA) is 130 Å². The van der Waals surface area contributed by atoms with E-state index in [1.165, 1.54) is 46.0 Å². The van der Waals surface area contributed by atoms with Crippen LogP contribution < -0.4 is 10.1 Å². The summed E-state index contributed by atoms with van der Waals surface area (Å²) in [6.45, 7) is -2.10. The van der Waals surface area contributed by atoms with Crippen LogP contribution in [-0.2, 0) is 11.3 Å². The van der Waals surface area contributed by atoms with E-state index in [4.69, 9.17) is 16.3 Å². The Hall–Kier alpha value is -4.92. The summed E-state index contributed by atoms with van der Waals surface area (Å²) >= 11 is 6.28. The quantitative estimate of drug-likeness (QED) is 0.238. The minimum Gasteiger partial charge on any atom is -0.434 e. The van der Waals surface area contributed by atoms with Crippen LogP contribution in [-0.4, -0.2) is 90.5 Å². The fourth-order valence-corrected chi connectivity index (χ4v) is 7.29. The predicted molar refractivity (Wildman–Crippen MR) is 172 cm³/mol. The van der Waals surface area contributed by atoms with Crippen LogP contribution in [0.4, 0.5) is 14.5 Å². The lowest BCUT2D eigenvalue weighted by molar-refractivity contribution is -0.137. The van der Waals surface area contributed by atoms with Crippen molar-refractivity contribution < 1.29 is 28.2 Å². The molecule has 12 nitrogen and oxygen atoms in total. The lowest BCUT2D eigenvalue weighted by atomic mass is 9.87. The van der Waals surface area contributed by atoms with Crippen molar-refractivity contribution in [3.05, 3.63) is 95.5 Å². The van der Waals surface area contributed by atoms with Gasteiger partial charge in [0.05, 0.1) is 30.6 Å². The monoisotopic (exact) mass is 676 g/mol. The minimum absolute atomic E-state index is 0.0527. The number of aromatic nitrogens is 5. The van der Waals surface area contributed by atoms with Gasteiger partial charge in [0.2, 0.25) is 5.91 Å². The number of hydrogen-bond acceptors (Lipinski definition) is 8. The number of amides is 2. The SMILES string of the molecule is CN1C[C@@H]2[C@H](C1)[C@H](CO)N(C(=O)Cn1cc(NC(=O)c3cnn4cccnc34)c(-c3cc(Cl)ccc3OC(F)F)n1)[C@@H]2c1ccccc1. The number of fused-ring (bicyclic) bond motifs is 2. The third-order valence-electron chi connectivity index (χ3n) is 9.01. The highest BCUT2D eigenvalue weighted by Crippen LogP contribution is 2.48. The number of aliphatic hydroxyl groups excluding tert-OH is 1. The first-order chi connectivity index (χ1) is 23.2. The molecule has 4 atom stereocenters. The summed E-state index contributed by atoms with van der Waals surface area (Å²) in [6, 6.07) is 14.8. The van der Waals surface area contributed by atoms with E-state index < -0.39 is 18.6 Å². The molecule has 2 N–H and O–H groups in total.